The van der Waals surface area contributed by atoms with E-state index >= 15 is 0 Å². The van der Waals surface area contributed by atoms with Crippen molar-refractivity contribution in [2.24, 2.45) is 0 Å². The molecule has 0 aliphatic carbocycles. The van der Waals surface area contributed by atoms with Gasteiger partial charge in [0.05, 0.1) is 5.56 Å². The number of likely N-dealkylation sites (tertiary alicyclic amines) is 1. The third-order valence-electron chi connectivity index (χ3n) is 7.66. The van der Waals surface area contributed by atoms with Gasteiger partial charge in [-0.2, -0.15) is 13.2 Å². The fourth-order valence-electron chi connectivity index (χ4n) is 5.31. The molecule has 2 amide bonds. The molecule has 0 aromatic heterocycles. The zero-order valence-electron chi connectivity index (χ0n) is 22.1. The number of carbonyl (C=O) groups is 2. The van der Waals surface area contributed by atoms with Gasteiger partial charge in [-0.3, -0.25) is 14.5 Å². The summed E-state index contributed by atoms with van der Waals surface area (Å²) < 4.78 is 53.3. The van der Waals surface area contributed by atoms with Crippen molar-refractivity contribution >= 4 is 23.4 Å². The Balaban J connectivity index is 1.37. The second kappa shape index (κ2) is 12.2. The first-order valence-corrected chi connectivity index (χ1v) is 13.4. The van der Waals surface area contributed by atoms with E-state index < -0.39 is 17.6 Å². The fourth-order valence-corrected chi connectivity index (χ4v) is 5.54. The lowest BCUT2D eigenvalue weighted by Crippen LogP contribution is -2.63. The van der Waals surface area contributed by atoms with Crippen molar-refractivity contribution in [3.63, 3.8) is 0 Å². The van der Waals surface area contributed by atoms with Gasteiger partial charge in [-0.15, -0.1) is 0 Å². The van der Waals surface area contributed by atoms with Crippen molar-refractivity contribution in [1.82, 2.24) is 19.6 Å². The molecule has 2 aliphatic rings. The van der Waals surface area contributed by atoms with Gasteiger partial charge in [0.25, 0.3) is 5.91 Å². The molecule has 0 bridgehead atoms. The molecule has 0 saturated carbocycles. The third-order valence-corrected chi connectivity index (χ3v) is 7.88. The van der Waals surface area contributed by atoms with Crippen LogP contribution in [-0.4, -0.2) is 96.9 Å². The van der Waals surface area contributed by atoms with Crippen LogP contribution in [-0.2, 0) is 11.0 Å². The van der Waals surface area contributed by atoms with Gasteiger partial charge >= 0.3 is 6.18 Å². The quantitative estimate of drug-likeness (QED) is 0.437. The molecule has 6 nitrogen and oxygen atoms in total. The Morgan fingerprint density at radius 2 is 1.69 bits per heavy atom. The van der Waals surface area contributed by atoms with E-state index in [1.54, 1.807) is 26.1 Å². The van der Waals surface area contributed by atoms with Crippen molar-refractivity contribution < 1.29 is 27.2 Å². The van der Waals surface area contributed by atoms with Gasteiger partial charge in [-0.25, -0.2) is 4.39 Å². The smallest absolute Gasteiger partial charge is 0.341 e. The number of piperazine rings is 1. The van der Waals surface area contributed by atoms with Crippen LogP contribution in [0.3, 0.4) is 0 Å². The second-order valence-corrected chi connectivity index (χ2v) is 10.8. The van der Waals surface area contributed by atoms with Crippen LogP contribution in [0.2, 0.25) is 5.02 Å². The number of carbonyl (C=O) groups excluding carboxylic acids is 2. The molecule has 2 aromatic rings. The van der Waals surface area contributed by atoms with E-state index in [-0.39, 0.29) is 34.8 Å². The largest absolute Gasteiger partial charge is 0.416 e. The first kappa shape index (κ1) is 29.3. The average Bonchev–Trinajstić information content (AvgIpc) is 2.86. The molecule has 212 valence electrons. The molecule has 39 heavy (non-hydrogen) atoms. The molecule has 0 N–H and O–H groups in total. The fraction of sp³-hybridized carbons (Fsp3) is 0.500. The Morgan fingerprint density at radius 1 is 1.05 bits per heavy atom. The van der Waals surface area contributed by atoms with Gasteiger partial charge < -0.3 is 14.7 Å². The van der Waals surface area contributed by atoms with Gasteiger partial charge in [0.2, 0.25) is 5.91 Å². The molecule has 2 saturated heterocycles. The number of rotatable bonds is 8. The first-order chi connectivity index (χ1) is 18.4. The van der Waals surface area contributed by atoms with Gasteiger partial charge in [0, 0.05) is 82.3 Å². The third kappa shape index (κ3) is 7.49. The number of alkyl halides is 3. The summed E-state index contributed by atoms with van der Waals surface area (Å²) in [5.41, 5.74) is -0.252. The summed E-state index contributed by atoms with van der Waals surface area (Å²) in [7, 11) is 1.55. The molecule has 2 aliphatic heterocycles. The van der Waals surface area contributed by atoms with Crippen LogP contribution in [0.4, 0.5) is 17.6 Å². The number of likely N-dealkylation sites (N-methyl/N-ethyl adjacent to an activating group) is 1. The van der Waals surface area contributed by atoms with Crippen molar-refractivity contribution in [3.8, 4) is 0 Å². The van der Waals surface area contributed by atoms with Crippen LogP contribution in [0, 0.1) is 5.82 Å². The molecule has 2 fully saturated rings. The highest BCUT2D eigenvalue weighted by Gasteiger charge is 2.35. The summed E-state index contributed by atoms with van der Waals surface area (Å²) in [6, 6.07) is 9.41. The molecule has 1 atom stereocenters. The highest BCUT2D eigenvalue weighted by atomic mass is 35.5. The normalized spacial score (nSPS) is 18.1. The zero-order chi connectivity index (χ0) is 28.3. The zero-order valence-corrected chi connectivity index (χ0v) is 22.8. The van der Waals surface area contributed by atoms with E-state index in [0.717, 1.165) is 63.5 Å². The van der Waals surface area contributed by atoms with Gasteiger partial charge in [-0.05, 0) is 48.9 Å². The van der Waals surface area contributed by atoms with Crippen LogP contribution < -0.4 is 0 Å². The summed E-state index contributed by atoms with van der Waals surface area (Å²) in [5.74, 6) is -0.963. The highest BCUT2D eigenvalue weighted by Crippen LogP contribution is 2.32. The van der Waals surface area contributed by atoms with Crippen molar-refractivity contribution in [2.75, 3.05) is 59.4 Å². The number of nitrogens with zero attached hydrogens (tertiary/aromatic N) is 4. The van der Waals surface area contributed by atoms with Gasteiger partial charge in [0.1, 0.15) is 5.82 Å². The minimum Gasteiger partial charge on any atom is -0.341 e. The van der Waals surface area contributed by atoms with E-state index in [9.17, 15) is 27.2 Å². The first-order valence-electron chi connectivity index (χ1n) is 13.0. The lowest BCUT2D eigenvalue weighted by Gasteiger charge is -2.48. The summed E-state index contributed by atoms with van der Waals surface area (Å²) in [6.07, 6.45) is -3.93. The summed E-state index contributed by atoms with van der Waals surface area (Å²) in [4.78, 5) is 32.7. The molecule has 11 heteroatoms. The summed E-state index contributed by atoms with van der Waals surface area (Å²) >= 11 is 5.88. The number of halogens is 5. The topological polar surface area (TPSA) is 47.1 Å². The maximum atomic E-state index is 13.6. The van der Waals surface area contributed by atoms with E-state index in [4.69, 9.17) is 11.6 Å². The monoisotopic (exact) mass is 568 g/mol. The van der Waals surface area contributed by atoms with Crippen LogP contribution >= 0.6 is 11.6 Å². The number of amides is 2. The van der Waals surface area contributed by atoms with E-state index in [1.165, 1.54) is 23.1 Å². The van der Waals surface area contributed by atoms with Crippen molar-refractivity contribution in [3.05, 3.63) is 70.0 Å². The average molecular weight is 569 g/mol. The number of hydrogen-bond acceptors (Lipinski definition) is 4. The minimum atomic E-state index is -4.62. The van der Waals surface area contributed by atoms with E-state index in [2.05, 4.69) is 9.80 Å². The molecule has 2 aromatic carbocycles. The summed E-state index contributed by atoms with van der Waals surface area (Å²) in [6.45, 7) is 7.66. The van der Waals surface area contributed by atoms with Crippen LogP contribution in [0.1, 0.15) is 40.7 Å². The molecule has 2 heterocycles. The maximum absolute atomic E-state index is 13.6. The minimum absolute atomic E-state index is 0.108. The van der Waals surface area contributed by atoms with Gasteiger partial charge in [-0.1, -0.05) is 23.7 Å². The standard InChI is InChI=1S/C28H33ClF4N4O2/c1-19(38)36-9-11-37(12-10-36)26-17-35(18-26)8-7-21(20-3-5-25(30)6-4-20)16-34(2)27(39)22-13-23(28(31,32)33)15-24(29)14-22/h3-6,13-15,21,26H,7-12,16-18H2,1-2H3. The second-order valence-electron chi connectivity index (χ2n) is 10.4. The van der Waals surface area contributed by atoms with Crippen LogP contribution in [0.15, 0.2) is 42.5 Å². The highest BCUT2D eigenvalue weighted by molar-refractivity contribution is 6.31. The van der Waals surface area contributed by atoms with Crippen molar-refractivity contribution in [1.29, 1.82) is 0 Å². The Morgan fingerprint density at radius 3 is 2.28 bits per heavy atom. The molecular weight excluding hydrogens is 536 g/mol. The molecule has 4 rings (SSSR count). The lowest BCUT2D eigenvalue weighted by atomic mass is 9.93. The Labute approximate surface area is 231 Å². The van der Waals surface area contributed by atoms with Crippen LogP contribution in [0.5, 0.6) is 0 Å². The molecule has 0 radical (unpaired) electrons. The maximum Gasteiger partial charge on any atom is 0.416 e. The Hall–Kier alpha value is -2.69. The molecular formula is C28H33ClF4N4O2. The SMILES string of the molecule is CC(=O)N1CCN(C2CN(CCC(CN(C)C(=O)c3cc(Cl)cc(C(F)(F)F)c3)c3ccc(F)cc3)C2)CC1. The van der Waals surface area contributed by atoms with E-state index in [1.807, 2.05) is 4.90 Å². The molecule has 1 unspecified atom stereocenters. The Kier molecular flexibility index (Phi) is 9.18. The lowest BCUT2D eigenvalue weighted by molar-refractivity contribution is -0.137. The predicted molar refractivity (Wildman–Crippen MR) is 141 cm³/mol. The molecule has 0 spiro atoms. The van der Waals surface area contributed by atoms with Crippen LogP contribution in [0.25, 0.3) is 0 Å². The van der Waals surface area contributed by atoms with E-state index in [0.29, 0.717) is 12.5 Å². The number of hydrogen-bond donors (Lipinski definition) is 0. The van der Waals surface area contributed by atoms with Gasteiger partial charge in [0.15, 0.2) is 0 Å². The number of benzene rings is 2. The van der Waals surface area contributed by atoms with Crippen molar-refractivity contribution in [2.45, 2.75) is 31.5 Å². The summed E-state index contributed by atoms with van der Waals surface area (Å²) in [5, 5.41) is -0.160. The Bertz CT molecular complexity index is 1160. The predicted octanol–water partition coefficient (Wildman–Crippen LogP) is 4.59.